The van der Waals surface area contributed by atoms with E-state index < -0.39 is 29.5 Å². The van der Waals surface area contributed by atoms with Gasteiger partial charge < -0.3 is 10.8 Å². The summed E-state index contributed by atoms with van der Waals surface area (Å²) in [6.45, 7) is 1.04. The number of nitrogens with zero attached hydrogens (tertiary/aromatic N) is 1. The second-order valence-electron chi connectivity index (χ2n) is 5.68. The molecule has 3 unspecified atom stereocenters. The third-order valence-corrected chi connectivity index (χ3v) is 4.37. The monoisotopic (exact) mass is 347 g/mol. The molecule has 0 aliphatic rings. The number of amides is 2. The van der Waals surface area contributed by atoms with Gasteiger partial charge in [0.2, 0.25) is 5.91 Å². The van der Waals surface area contributed by atoms with Gasteiger partial charge in [-0.1, -0.05) is 0 Å². The predicted molar refractivity (Wildman–Crippen MR) is 82.4 cm³/mol. The van der Waals surface area contributed by atoms with Crippen LogP contribution in [0.25, 0.3) is 0 Å². The lowest BCUT2D eigenvalue weighted by atomic mass is 9.89. The Morgan fingerprint density at radius 1 is 1.52 bits per heavy atom. The standard InChI is InChI=1S/C14H22FN3O4S/c1-14(15,13(16)21)5-4-9(12(20)18-22)6-11(19)3-2-10-7-23-8-17-10/h7-9,11,19,22H,2-6H2,1H3,(H2,16,21)(H,18,20). The van der Waals surface area contributed by atoms with Crippen molar-refractivity contribution in [3.05, 3.63) is 16.6 Å². The van der Waals surface area contributed by atoms with Crippen molar-refractivity contribution in [3.8, 4) is 0 Å². The maximum atomic E-state index is 13.9. The average Bonchev–Trinajstić information content (AvgIpc) is 3.01. The van der Waals surface area contributed by atoms with Crippen molar-refractivity contribution in [2.24, 2.45) is 11.7 Å². The summed E-state index contributed by atoms with van der Waals surface area (Å²) in [6.07, 6.45) is -0.0961. The molecular formula is C14H22FN3O4S. The fraction of sp³-hybridized carbons (Fsp3) is 0.643. The number of hydrogen-bond donors (Lipinski definition) is 4. The maximum absolute atomic E-state index is 13.9. The molecule has 5 N–H and O–H groups in total. The number of hydrogen-bond acceptors (Lipinski definition) is 6. The molecule has 3 atom stereocenters. The molecule has 0 saturated carbocycles. The number of halogens is 1. The van der Waals surface area contributed by atoms with Gasteiger partial charge in [0.1, 0.15) is 0 Å². The van der Waals surface area contributed by atoms with Crippen LogP contribution in [0.1, 0.15) is 38.3 Å². The van der Waals surface area contributed by atoms with E-state index in [-0.39, 0.29) is 19.3 Å². The molecular weight excluding hydrogens is 325 g/mol. The SMILES string of the molecule is CC(F)(CCC(CC(O)CCc1cscn1)C(=O)NO)C(N)=O. The molecule has 0 radical (unpaired) electrons. The molecule has 0 spiro atoms. The lowest BCUT2D eigenvalue weighted by Gasteiger charge is -2.22. The quantitative estimate of drug-likeness (QED) is 0.370. The highest BCUT2D eigenvalue weighted by Crippen LogP contribution is 2.24. The van der Waals surface area contributed by atoms with Crippen LogP contribution < -0.4 is 11.2 Å². The Morgan fingerprint density at radius 2 is 2.22 bits per heavy atom. The summed E-state index contributed by atoms with van der Waals surface area (Å²) in [5, 5.41) is 20.7. The zero-order valence-electron chi connectivity index (χ0n) is 12.9. The van der Waals surface area contributed by atoms with E-state index in [4.69, 9.17) is 10.9 Å². The number of primary amides is 1. The van der Waals surface area contributed by atoms with E-state index in [1.165, 1.54) is 16.8 Å². The van der Waals surface area contributed by atoms with Crippen molar-refractivity contribution >= 4 is 23.2 Å². The summed E-state index contributed by atoms with van der Waals surface area (Å²) in [5.74, 6) is -2.65. The van der Waals surface area contributed by atoms with Gasteiger partial charge in [-0.25, -0.2) is 14.9 Å². The van der Waals surface area contributed by atoms with E-state index in [0.717, 1.165) is 12.6 Å². The van der Waals surface area contributed by atoms with Crippen LogP contribution in [0.3, 0.4) is 0 Å². The molecule has 0 aliphatic carbocycles. The second kappa shape index (κ2) is 8.90. The van der Waals surface area contributed by atoms with E-state index in [0.29, 0.717) is 12.8 Å². The fourth-order valence-electron chi connectivity index (χ4n) is 2.14. The van der Waals surface area contributed by atoms with E-state index in [1.54, 1.807) is 5.51 Å². The smallest absolute Gasteiger partial charge is 0.254 e. The van der Waals surface area contributed by atoms with E-state index in [9.17, 15) is 19.1 Å². The predicted octanol–water partition coefficient (Wildman–Crippen LogP) is 0.942. The minimum Gasteiger partial charge on any atom is -0.393 e. The molecule has 0 aliphatic heterocycles. The number of aliphatic hydroxyl groups excluding tert-OH is 1. The normalized spacial score (nSPS) is 16.3. The number of thiazole rings is 1. The second-order valence-corrected chi connectivity index (χ2v) is 6.40. The van der Waals surface area contributed by atoms with Gasteiger partial charge in [0, 0.05) is 11.3 Å². The van der Waals surface area contributed by atoms with Crippen molar-refractivity contribution in [1.82, 2.24) is 10.5 Å². The summed E-state index contributed by atoms with van der Waals surface area (Å²) in [6, 6.07) is 0. The minimum atomic E-state index is -2.24. The molecule has 9 heteroatoms. The number of aryl methyl sites for hydroxylation is 1. The molecule has 1 heterocycles. The highest BCUT2D eigenvalue weighted by atomic mass is 32.1. The topological polar surface area (TPSA) is 126 Å². The van der Waals surface area contributed by atoms with Gasteiger partial charge in [-0.15, -0.1) is 11.3 Å². The zero-order valence-corrected chi connectivity index (χ0v) is 13.7. The molecule has 2 amide bonds. The van der Waals surface area contributed by atoms with Crippen molar-refractivity contribution in [3.63, 3.8) is 0 Å². The minimum absolute atomic E-state index is 0.0178. The van der Waals surface area contributed by atoms with Crippen molar-refractivity contribution in [2.75, 3.05) is 0 Å². The third-order valence-electron chi connectivity index (χ3n) is 3.73. The van der Waals surface area contributed by atoms with Crippen LogP contribution >= 0.6 is 11.3 Å². The van der Waals surface area contributed by atoms with Gasteiger partial charge in [0.15, 0.2) is 5.67 Å². The van der Waals surface area contributed by atoms with Gasteiger partial charge in [0.05, 0.1) is 17.3 Å². The van der Waals surface area contributed by atoms with Gasteiger partial charge in [0.25, 0.3) is 5.91 Å². The van der Waals surface area contributed by atoms with Gasteiger partial charge in [-0.05, 0) is 39.0 Å². The van der Waals surface area contributed by atoms with Gasteiger partial charge in [-0.2, -0.15) is 0 Å². The Hall–Kier alpha value is -1.58. The third kappa shape index (κ3) is 6.59. The van der Waals surface area contributed by atoms with E-state index in [2.05, 4.69) is 4.98 Å². The Kier molecular flexibility index (Phi) is 7.53. The summed E-state index contributed by atoms with van der Waals surface area (Å²) in [5.41, 5.74) is 6.76. The van der Waals surface area contributed by atoms with Crippen molar-refractivity contribution in [1.29, 1.82) is 0 Å². The van der Waals surface area contributed by atoms with Crippen LogP contribution in [0, 0.1) is 5.92 Å². The number of aliphatic hydroxyl groups is 1. The van der Waals surface area contributed by atoms with Crippen LogP contribution in [-0.4, -0.2) is 38.9 Å². The number of nitrogens with one attached hydrogen (secondary N) is 1. The number of rotatable bonds is 10. The maximum Gasteiger partial charge on any atom is 0.254 e. The molecule has 23 heavy (non-hydrogen) atoms. The number of carbonyl (C=O) groups is 2. The highest BCUT2D eigenvalue weighted by molar-refractivity contribution is 7.07. The first-order chi connectivity index (χ1) is 10.8. The molecule has 7 nitrogen and oxygen atoms in total. The summed E-state index contributed by atoms with van der Waals surface area (Å²) >= 11 is 1.45. The van der Waals surface area contributed by atoms with Crippen LogP contribution in [0.5, 0.6) is 0 Å². The largest absolute Gasteiger partial charge is 0.393 e. The summed E-state index contributed by atoms with van der Waals surface area (Å²) < 4.78 is 13.9. The number of alkyl halides is 1. The van der Waals surface area contributed by atoms with Crippen LogP contribution in [0.4, 0.5) is 4.39 Å². The number of hydroxylamine groups is 1. The van der Waals surface area contributed by atoms with Gasteiger partial charge >= 0.3 is 0 Å². The van der Waals surface area contributed by atoms with E-state index >= 15 is 0 Å². The summed E-state index contributed by atoms with van der Waals surface area (Å²) in [4.78, 5) is 26.7. The van der Waals surface area contributed by atoms with Crippen molar-refractivity contribution in [2.45, 2.75) is 50.8 Å². The fourth-order valence-corrected chi connectivity index (χ4v) is 2.73. The molecule has 0 fully saturated rings. The Labute approximate surface area is 137 Å². The molecule has 0 bridgehead atoms. The first kappa shape index (κ1) is 19.5. The molecule has 1 aromatic rings. The summed E-state index contributed by atoms with van der Waals surface area (Å²) in [7, 11) is 0. The van der Waals surface area contributed by atoms with Crippen LogP contribution in [0.15, 0.2) is 10.9 Å². The van der Waals surface area contributed by atoms with E-state index in [1.807, 2.05) is 5.38 Å². The first-order valence-electron chi connectivity index (χ1n) is 7.24. The van der Waals surface area contributed by atoms with Crippen LogP contribution in [0.2, 0.25) is 0 Å². The lowest BCUT2D eigenvalue weighted by molar-refractivity contribution is -0.136. The zero-order chi connectivity index (χ0) is 17.5. The molecule has 0 saturated heterocycles. The molecule has 0 aromatic carbocycles. The Morgan fingerprint density at radius 3 is 2.74 bits per heavy atom. The Balaban J connectivity index is 2.53. The Bertz CT molecular complexity index is 510. The number of carbonyl (C=O) groups excluding carboxylic acids is 2. The number of aromatic nitrogens is 1. The lowest BCUT2D eigenvalue weighted by Crippen LogP contribution is -2.38. The van der Waals surface area contributed by atoms with Crippen molar-refractivity contribution < 1.29 is 24.3 Å². The highest BCUT2D eigenvalue weighted by Gasteiger charge is 2.33. The molecule has 1 rings (SSSR count). The van der Waals surface area contributed by atoms with Gasteiger partial charge in [-0.3, -0.25) is 14.8 Å². The van der Waals surface area contributed by atoms with Crippen LogP contribution in [-0.2, 0) is 16.0 Å². The molecule has 130 valence electrons. The number of nitrogens with two attached hydrogens (primary N) is 1. The molecule has 1 aromatic heterocycles. The average molecular weight is 347 g/mol. The first-order valence-corrected chi connectivity index (χ1v) is 8.18.